The van der Waals surface area contributed by atoms with Crippen molar-refractivity contribution in [2.75, 3.05) is 20.3 Å². The van der Waals surface area contributed by atoms with Gasteiger partial charge in [0.05, 0.1) is 19.8 Å². The van der Waals surface area contributed by atoms with Gasteiger partial charge >= 0.3 is 0 Å². The minimum absolute atomic E-state index is 0.123. The molecule has 2 rings (SSSR count). The van der Waals surface area contributed by atoms with Crippen molar-refractivity contribution in [3.63, 3.8) is 0 Å². The highest BCUT2D eigenvalue weighted by atomic mass is 16.5. The van der Waals surface area contributed by atoms with Crippen LogP contribution in [0.15, 0.2) is 36.4 Å². The minimum Gasteiger partial charge on any atom is -0.496 e. The summed E-state index contributed by atoms with van der Waals surface area (Å²) in [7, 11) is 1.64. The highest BCUT2D eigenvalue weighted by molar-refractivity contribution is 5.91. The molecule has 20 heavy (non-hydrogen) atoms. The molecule has 5 heteroatoms. The first-order chi connectivity index (χ1) is 9.63. The Labute approximate surface area is 117 Å². The van der Waals surface area contributed by atoms with Gasteiger partial charge in [0, 0.05) is 5.39 Å². The molecule has 5 nitrogen and oxygen atoms in total. The molecule has 1 atom stereocenters. The number of hydrogen-bond donors (Lipinski definition) is 2. The van der Waals surface area contributed by atoms with Gasteiger partial charge in [-0.2, -0.15) is 0 Å². The number of primary amides is 1. The van der Waals surface area contributed by atoms with Gasteiger partial charge in [-0.3, -0.25) is 4.79 Å². The number of ether oxygens (including phenoxy) is 2. The highest BCUT2D eigenvalue weighted by Gasteiger charge is 2.12. The molecule has 0 heterocycles. The van der Waals surface area contributed by atoms with E-state index in [1.807, 2.05) is 36.4 Å². The number of hydrogen-bond acceptors (Lipinski definition) is 4. The zero-order chi connectivity index (χ0) is 14.5. The van der Waals surface area contributed by atoms with Gasteiger partial charge in [0.25, 0.3) is 0 Å². The summed E-state index contributed by atoms with van der Waals surface area (Å²) in [5.74, 6) is 0.298. The molecule has 0 spiro atoms. The summed E-state index contributed by atoms with van der Waals surface area (Å²) in [6.45, 7) is 0.112. The third-order valence-corrected chi connectivity index (χ3v) is 3.08. The summed E-state index contributed by atoms with van der Waals surface area (Å²) in [6, 6.07) is 11.3. The molecule has 4 N–H and O–H groups in total. The molecule has 2 aromatic rings. The Bertz CT molecular complexity index is 613. The molecule has 0 saturated heterocycles. The molecule has 2 aromatic carbocycles. The highest BCUT2D eigenvalue weighted by Crippen LogP contribution is 2.30. The molecule has 0 aromatic heterocycles. The van der Waals surface area contributed by atoms with Crippen LogP contribution in [0.5, 0.6) is 5.75 Å². The quantitative estimate of drug-likeness (QED) is 0.832. The van der Waals surface area contributed by atoms with Crippen molar-refractivity contribution < 1.29 is 14.3 Å². The van der Waals surface area contributed by atoms with Crippen molar-refractivity contribution in [3.05, 3.63) is 42.0 Å². The zero-order valence-electron chi connectivity index (χ0n) is 11.3. The topological polar surface area (TPSA) is 87.6 Å². The Morgan fingerprint density at radius 3 is 2.55 bits per heavy atom. The average molecular weight is 274 g/mol. The van der Waals surface area contributed by atoms with Crippen molar-refractivity contribution >= 4 is 16.7 Å². The summed E-state index contributed by atoms with van der Waals surface area (Å²) in [6.07, 6.45) is 0. The van der Waals surface area contributed by atoms with E-state index in [0.29, 0.717) is 0 Å². The molecule has 0 saturated carbocycles. The van der Waals surface area contributed by atoms with E-state index in [-0.39, 0.29) is 19.3 Å². The maximum atomic E-state index is 10.7. The van der Waals surface area contributed by atoms with Crippen molar-refractivity contribution in [1.82, 2.24) is 0 Å². The Hall–Kier alpha value is -2.11. The summed E-state index contributed by atoms with van der Waals surface area (Å²) in [5, 5.41) is 2.01. The molecule has 0 radical (unpaired) electrons. The van der Waals surface area contributed by atoms with Crippen molar-refractivity contribution in [2.45, 2.75) is 6.04 Å². The predicted molar refractivity (Wildman–Crippen MR) is 77.4 cm³/mol. The van der Waals surface area contributed by atoms with E-state index in [2.05, 4.69) is 0 Å². The lowest BCUT2D eigenvalue weighted by Crippen LogP contribution is -2.23. The monoisotopic (exact) mass is 274 g/mol. The van der Waals surface area contributed by atoms with Crippen LogP contribution in [0.2, 0.25) is 0 Å². The number of benzene rings is 2. The number of carbonyl (C=O) groups is 1. The Morgan fingerprint density at radius 1 is 1.20 bits per heavy atom. The number of carbonyl (C=O) groups excluding carboxylic acids is 1. The molecule has 1 amide bonds. The van der Waals surface area contributed by atoms with Crippen LogP contribution in [-0.2, 0) is 9.53 Å². The maximum Gasteiger partial charge on any atom is 0.243 e. The Balaban J connectivity index is 2.28. The van der Waals surface area contributed by atoms with Gasteiger partial charge in [0.2, 0.25) is 5.91 Å². The van der Waals surface area contributed by atoms with Crippen molar-refractivity contribution in [3.8, 4) is 5.75 Å². The summed E-state index contributed by atoms with van der Waals surface area (Å²) >= 11 is 0. The zero-order valence-corrected chi connectivity index (χ0v) is 11.3. The summed E-state index contributed by atoms with van der Waals surface area (Å²) in [4.78, 5) is 10.7. The minimum atomic E-state index is -0.503. The van der Waals surface area contributed by atoms with Gasteiger partial charge in [0.1, 0.15) is 12.4 Å². The Kier molecular flexibility index (Phi) is 4.55. The van der Waals surface area contributed by atoms with Crippen LogP contribution in [0.3, 0.4) is 0 Å². The molecule has 0 fully saturated rings. The molecule has 0 aliphatic rings. The molecule has 0 aliphatic heterocycles. The van der Waals surface area contributed by atoms with E-state index in [0.717, 1.165) is 22.1 Å². The lowest BCUT2D eigenvalue weighted by atomic mass is 9.99. The van der Waals surface area contributed by atoms with Gasteiger partial charge in [-0.05, 0) is 17.0 Å². The SMILES string of the molecule is COc1ccc(C(N)COCC(N)=O)c2ccccc12. The average Bonchev–Trinajstić information content (AvgIpc) is 2.45. The first kappa shape index (κ1) is 14.3. The fraction of sp³-hybridized carbons (Fsp3) is 0.267. The lowest BCUT2D eigenvalue weighted by Gasteiger charge is -2.16. The second-order valence-electron chi connectivity index (χ2n) is 4.49. The second-order valence-corrected chi connectivity index (χ2v) is 4.49. The first-order valence-electron chi connectivity index (χ1n) is 6.30. The van der Waals surface area contributed by atoms with Crippen LogP contribution in [0.4, 0.5) is 0 Å². The van der Waals surface area contributed by atoms with E-state index in [4.69, 9.17) is 20.9 Å². The number of rotatable bonds is 6. The van der Waals surface area contributed by atoms with Gasteiger partial charge in [-0.15, -0.1) is 0 Å². The predicted octanol–water partition coefficient (Wildman–Crippen LogP) is 1.35. The summed E-state index contributed by atoms with van der Waals surface area (Å²) in [5.41, 5.74) is 12.1. The number of amides is 1. The molecule has 106 valence electrons. The molecular weight excluding hydrogens is 256 g/mol. The van der Waals surface area contributed by atoms with E-state index in [1.165, 1.54) is 0 Å². The van der Waals surface area contributed by atoms with Gasteiger partial charge in [-0.1, -0.05) is 30.3 Å². The first-order valence-corrected chi connectivity index (χ1v) is 6.30. The van der Waals surface area contributed by atoms with E-state index >= 15 is 0 Å². The van der Waals surface area contributed by atoms with E-state index in [1.54, 1.807) is 7.11 Å². The fourth-order valence-electron chi connectivity index (χ4n) is 2.17. The lowest BCUT2D eigenvalue weighted by molar-refractivity contribution is -0.122. The van der Waals surface area contributed by atoms with Crippen LogP contribution in [-0.4, -0.2) is 26.2 Å². The van der Waals surface area contributed by atoms with Crippen LogP contribution in [0.1, 0.15) is 11.6 Å². The third-order valence-electron chi connectivity index (χ3n) is 3.08. The Morgan fingerprint density at radius 2 is 1.90 bits per heavy atom. The molecule has 1 unspecified atom stereocenters. The largest absolute Gasteiger partial charge is 0.496 e. The van der Waals surface area contributed by atoms with Gasteiger partial charge in [0.15, 0.2) is 0 Å². The summed E-state index contributed by atoms with van der Waals surface area (Å²) < 4.78 is 10.5. The standard InChI is InChI=1S/C15H18N2O3/c1-19-14-7-6-11(10-4-2-3-5-12(10)14)13(16)8-20-9-15(17)18/h2-7,13H,8-9,16H2,1H3,(H2,17,18). The third kappa shape index (κ3) is 3.07. The van der Waals surface area contributed by atoms with E-state index < -0.39 is 5.91 Å². The van der Waals surface area contributed by atoms with Gasteiger partial charge < -0.3 is 20.9 Å². The second kappa shape index (κ2) is 6.36. The number of nitrogens with two attached hydrogens (primary N) is 2. The van der Waals surface area contributed by atoms with Crippen LogP contribution in [0, 0.1) is 0 Å². The molecule has 0 bridgehead atoms. The van der Waals surface area contributed by atoms with Gasteiger partial charge in [-0.25, -0.2) is 0 Å². The fourth-order valence-corrected chi connectivity index (χ4v) is 2.17. The number of fused-ring (bicyclic) bond motifs is 1. The molecule has 0 aliphatic carbocycles. The van der Waals surface area contributed by atoms with Crippen molar-refractivity contribution in [2.24, 2.45) is 11.5 Å². The van der Waals surface area contributed by atoms with Crippen LogP contribution in [0.25, 0.3) is 10.8 Å². The normalized spacial score (nSPS) is 12.3. The smallest absolute Gasteiger partial charge is 0.243 e. The molecular formula is C15H18N2O3. The van der Waals surface area contributed by atoms with Crippen LogP contribution >= 0.6 is 0 Å². The van der Waals surface area contributed by atoms with E-state index in [9.17, 15) is 4.79 Å². The van der Waals surface area contributed by atoms with Crippen molar-refractivity contribution in [1.29, 1.82) is 0 Å². The number of methoxy groups -OCH3 is 1. The van der Waals surface area contributed by atoms with Crippen LogP contribution < -0.4 is 16.2 Å². The maximum absolute atomic E-state index is 10.7.